The minimum atomic E-state index is -0.140. The van der Waals surface area contributed by atoms with Gasteiger partial charge in [-0.05, 0) is 50.4 Å². The van der Waals surface area contributed by atoms with Crippen molar-refractivity contribution < 1.29 is 9.13 Å². The van der Waals surface area contributed by atoms with Crippen LogP contribution < -0.4 is 5.32 Å². The molecule has 1 rings (SSSR count). The summed E-state index contributed by atoms with van der Waals surface area (Å²) in [6.07, 6.45) is 2.24. The van der Waals surface area contributed by atoms with Crippen LogP contribution in [0.4, 0.5) is 4.39 Å². The summed E-state index contributed by atoms with van der Waals surface area (Å²) >= 11 is 0. The van der Waals surface area contributed by atoms with Gasteiger partial charge in [0, 0.05) is 13.2 Å². The third-order valence-electron chi connectivity index (χ3n) is 3.30. The number of rotatable bonds is 7. The molecule has 0 fully saturated rings. The summed E-state index contributed by atoms with van der Waals surface area (Å²) in [7, 11) is 1.73. The van der Waals surface area contributed by atoms with Crippen LogP contribution in [0.3, 0.4) is 0 Å². The predicted octanol–water partition coefficient (Wildman–Crippen LogP) is 3.60. The number of methoxy groups -OCH3 is 1. The van der Waals surface area contributed by atoms with Crippen molar-refractivity contribution in [3.05, 3.63) is 35.1 Å². The summed E-state index contributed by atoms with van der Waals surface area (Å²) in [6.45, 7) is 6.87. The standard InChI is InChI=1S/C15H24FNO/c1-5-17-15(9-6-12(3)18-4)13-7-8-14(16)11(2)10-13/h7-8,10,12,15,17H,5-6,9H2,1-4H3. The fraction of sp³-hybridized carbons (Fsp3) is 0.600. The van der Waals surface area contributed by atoms with Crippen LogP contribution in [0.2, 0.25) is 0 Å². The van der Waals surface area contributed by atoms with E-state index in [4.69, 9.17) is 4.74 Å². The Morgan fingerprint density at radius 1 is 1.33 bits per heavy atom. The molecular weight excluding hydrogens is 229 g/mol. The van der Waals surface area contributed by atoms with Crippen LogP contribution in [0.25, 0.3) is 0 Å². The first-order valence-corrected chi connectivity index (χ1v) is 6.60. The molecular formula is C15H24FNO. The second kappa shape index (κ2) is 7.49. The molecule has 0 saturated carbocycles. The Labute approximate surface area is 110 Å². The van der Waals surface area contributed by atoms with Gasteiger partial charge < -0.3 is 10.1 Å². The zero-order valence-corrected chi connectivity index (χ0v) is 11.8. The highest BCUT2D eigenvalue weighted by Gasteiger charge is 2.13. The number of nitrogens with one attached hydrogen (secondary N) is 1. The van der Waals surface area contributed by atoms with Gasteiger partial charge >= 0.3 is 0 Å². The number of aryl methyl sites for hydroxylation is 1. The van der Waals surface area contributed by atoms with Crippen LogP contribution in [-0.4, -0.2) is 19.8 Å². The normalized spacial score (nSPS) is 14.5. The van der Waals surface area contributed by atoms with Gasteiger partial charge in [-0.2, -0.15) is 0 Å². The first-order valence-electron chi connectivity index (χ1n) is 6.60. The molecule has 0 aromatic heterocycles. The van der Waals surface area contributed by atoms with E-state index in [1.165, 1.54) is 0 Å². The van der Waals surface area contributed by atoms with E-state index in [2.05, 4.69) is 19.2 Å². The Morgan fingerprint density at radius 3 is 2.61 bits per heavy atom. The second-order valence-electron chi connectivity index (χ2n) is 4.74. The summed E-state index contributed by atoms with van der Waals surface area (Å²) in [5.41, 5.74) is 1.86. The van der Waals surface area contributed by atoms with Crippen molar-refractivity contribution in [1.82, 2.24) is 5.32 Å². The van der Waals surface area contributed by atoms with Crippen LogP contribution in [0.5, 0.6) is 0 Å². The van der Waals surface area contributed by atoms with Crippen molar-refractivity contribution in [3.63, 3.8) is 0 Å². The van der Waals surface area contributed by atoms with Crippen LogP contribution in [0.15, 0.2) is 18.2 Å². The number of halogens is 1. The van der Waals surface area contributed by atoms with Crippen molar-refractivity contribution in [2.24, 2.45) is 0 Å². The molecule has 1 N–H and O–H groups in total. The van der Waals surface area contributed by atoms with E-state index < -0.39 is 0 Å². The molecule has 102 valence electrons. The van der Waals surface area contributed by atoms with E-state index in [1.807, 2.05) is 12.1 Å². The van der Waals surface area contributed by atoms with Crippen LogP contribution >= 0.6 is 0 Å². The molecule has 2 unspecified atom stereocenters. The van der Waals surface area contributed by atoms with Crippen molar-refractivity contribution in [1.29, 1.82) is 0 Å². The highest BCUT2D eigenvalue weighted by molar-refractivity contribution is 5.26. The smallest absolute Gasteiger partial charge is 0.126 e. The van der Waals surface area contributed by atoms with E-state index in [0.29, 0.717) is 5.56 Å². The quantitative estimate of drug-likeness (QED) is 0.801. The highest BCUT2D eigenvalue weighted by Crippen LogP contribution is 2.22. The lowest BCUT2D eigenvalue weighted by Crippen LogP contribution is -2.22. The van der Waals surface area contributed by atoms with Gasteiger partial charge in [-0.25, -0.2) is 4.39 Å². The molecule has 0 aliphatic carbocycles. The molecule has 0 saturated heterocycles. The average molecular weight is 253 g/mol. The summed E-state index contributed by atoms with van der Waals surface area (Å²) in [5.74, 6) is -0.140. The van der Waals surface area contributed by atoms with Gasteiger partial charge in [-0.1, -0.05) is 19.1 Å². The van der Waals surface area contributed by atoms with Crippen molar-refractivity contribution in [3.8, 4) is 0 Å². The van der Waals surface area contributed by atoms with Crippen LogP contribution in [-0.2, 0) is 4.74 Å². The monoisotopic (exact) mass is 253 g/mol. The topological polar surface area (TPSA) is 21.3 Å². The van der Waals surface area contributed by atoms with E-state index in [0.717, 1.165) is 24.9 Å². The average Bonchev–Trinajstić information content (AvgIpc) is 2.37. The molecule has 2 atom stereocenters. The predicted molar refractivity (Wildman–Crippen MR) is 73.3 cm³/mol. The van der Waals surface area contributed by atoms with Gasteiger partial charge in [0.2, 0.25) is 0 Å². The van der Waals surface area contributed by atoms with Gasteiger partial charge in [0.15, 0.2) is 0 Å². The molecule has 2 nitrogen and oxygen atoms in total. The molecule has 1 aromatic rings. The van der Waals surface area contributed by atoms with Gasteiger partial charge in [0.25, 0.3) is 0 Å². The van der Waals surface area contributed by atoms with E-state index >= 15 is 0 Å². The zero-order valence-electron chi connectivity index (χ0n) is 11.8. The molecule has 0 spiro atoms. The van der Waals surface area contributed by atoms with E-state index in [9.17, 15) is 4.39 Å². The molecule has 18 heavy (non-hydrogen) atoms. The fourth-order valence-corrected chi connectivity index (χ4v) is 2.04. The van der Waals surface area contributed by atoms with Crippen LogP contribution in [0, 0.1) is 12.7 Å². The number of benzene rings is 1. The van der Waals surface area contributed by atoms with E-state index in [1.54, 1.807) is 20.1 Å². The molecule has 0 bridgehead atoms. The molecule has 0 aliphatic rings. The maximum atomic E-state index is 13.3. The van der Waals surface area contributed by atoms with Gasteiger partial charge in [0.05, 0.1) is 6.10 Å². The molecule has 0 amide bonds. The van der Waals surface area contributed by atoms with Crippen molar-refractivity contribution in [2.45, 2.75) is 45.8 Å². The summed E-state index contributed by atoms with van der Waals surface area (Å²) in [6, 6.07) is 5.62. The Balaban J connectivity index is 2.73. The molecule has 0 aliphatic heterocycles. The first kappa shape index (κ1) is 15.1. The summed E-state index contributed by atoms with van der Waals surface area (Å²) in [4.78, 5) is 0. The SMILES string of the molecule is CCNC(CCC(C)OC)c1ccc(F)c(C)c1. The highest BCUT2D eigenvalue weighted by atomic mass is 19.1. The fourth-order valence-electron chi connectivity index (χ4n) is 2.04. The molecule has 3 heteroatoms. The maximum Gasteiger partial charge on any atom is 0.126 e. The zero-order chi connectivity index (χ0) is 13.5. The maximum absolute atomic E-state index is 13.3. The minimum Gasteiger partial charge on any atom is -0.382 e. The Hall–Kier alpha value is -0.930. The Morgan fingerprint density at radius 2 is 2.06 bits per heavy atom. The molecule has 1 aromatic carbocycles. The lowest BCUT2D eigenvalue weighted by molar-refractivity contribution is 0.106. The number of ether oxygens (including phenoxy) is 1. The first-order chi connectivity index (χ1) is 8.58. The largest absolute Gasteiger partial charge is 0.382 e. The second-order valence-corrected chi connectivity index (χ2v) is 4.74. The third kappa shape index (κ3) is 4.39. The number of hydrogen-bond acceptors (Lipinski definition) is 2. The number of hydrogen-bond donors (Lipinski definition) is 1. The van der Waals surface area contributed by atoms with Gasteiger partial charge in [-0.3, -0.25) is 0 Å². The van der Waals surface area contributed by atoms with Crippen molar-refractivity contribution in [2.75, 3.05) is 13.7 Å². The van der Waals surface area contributed by atoms with Crippen molar-refractivity contribution >= 4 is 0 Å². The summed E-state index contributed by atoms with van der Waals surface area (Å²) in [5, 5.41) is 3.45. The lowest BCUT2D eigenvalue weighted by Gasteiger charge is -2.20. The van der Waals surface area contributed by atoms with E-state index in [-0.39, 0.29) is 18.0 Å². The molecule has 0 heterocycles. The summed E-state index contributed by atoms with van der Waals surface area (Å²) < 4.78 is 18.5. The minimum absolute atomic E-state index is 0.140. The third-order valence-corrected chi connectivity index (χ3v) is 3.30. The van der Waals surface area contributed by atoms with Gasteiger partial charge in [0.1, 0.15) is 5.82 Å². The Bertz CT molecular complexity index is 368. The van der Waals surface area contributed by atoms with Gasteiger partial charge in [-0.15, -0.1) is 0 Å². The lowest BCUT2D eigenvalue weighted by atomic mass is 9.98. The molecule has 0 radical (unpaired) electrons. The van der Waals surface area contributed by atoms with Crippen LogP contribution in [0.1, 0.15) is 43.9 Å². The Kier molecular flexibility index (Phi) is 6.30.